The van der Waals surface area contributed by atoms with Gasteiger partial charge >= 0.3 is 0 Å². The molecule has 0 aliphatic carbocycles. The van der Waals surface area contributed by atoms with E-state index in [2.05, 4.69) is 5.32 Å². The van der Waals surface area contributed by atoms with E-state index in [0.29, 0.717) is 5.75 Å². The van der Waals surface area contributed by atoms with Crippen molar-refractivity contribution in [2.75, 3.05) is 7.11 Å². The number of nitrogens with one attached hydrogen (secondary N) is 1. The van der Waals surface area contributed by atoms with Crippen molar-refractivity contribution in [2.45, 2.75) is 32.9 Å². The lowest BCUT2D eigenvalue weighted by Crippen LogP contribution is -2.40. The molecule has 0 spiro atoms. The van der Waals surface area contributed by atoms with Crippen molar-refractivity contribution in [1.82, 2.24) is 5.32 Å². The molecule has 0 radical (unpaired) electrons. The lowest BCUT2D eigenvalue weighted by atomic mass is 9.95. The summed E-state index contributed by atoms with van der Waals surface area (Å²) >= 11 is 0. The molecule has 0 aliphatic heterocycles. The van der Waals surface area contributed by atoms with E-state index >= 15 is 0 Å². The number of hydrogen-bond acceptors (Lipinski definition) is 3. The zero-order chi connectivity index (χ0) is 18.4. The number of rotatable bonds is 7. The number of benzene rings is 2. The van der Waals surface area contributed by atoms with Crippen molar-refractivity contribution in [2.24, 2.45) is 5.92 Å². The Morgan fingerprint density at radius 3 is 2.04 bits per heavy atom. The van der Waals surface area contributed by atoms with E-state index in [0.717, 1.165) is 11.3 Å². The Hall–Kier alpha value is -2.56. The van der Waals surface area contributed by atoms with Crippen molar-refractivity contribution < 1.29 is 18.7 Å². The molecule has 2 aromatic carbocycles. The summed E-state index contributed by atoms with van der Waals surface area (Å²) in [5.74, 6) is 0.859. The number of hydrogen-bond donors (Lipinski definition) is 1. The van der Waals surface area contributed by atoms with Crippen LogP contribution in [-0.2, 0) is 4.79 Å². The minimum absolute atomic E-state index is 0.141. The fraction of sp³-hybridized carbons (Fsp3) is 0.350. The van der Waals surface area contributed by atoms with Crippen LogP contribution in [0, 0.1) is 11.7 Å². The Morgan fingerprint density at radius 2 is 1.52 bits per heavy atom. The van der Waals surface area contributed by atoms with E-state index in [1.165, 1.54) is 24.3 Å². The van der Waals surface area contributed by atoms with Crippen LogP contribution in [0.2, 0.25) is 0 Å². The van der Waals surface area contributed by atoms with E-state index in [4.69, 9.17) is 9.47 Å². The van der Waals surface area contributed by atoms with Gasteiger partial charge in [0.2, 0.25) is 0 Å². The van der Waals surface area contributed by atoms with Gasteiger partial charge < -0.3 is 14.8 Å². The first-order chi connectivity index (χ1) is 11.9. The van der Waals surface area contributed by atoms with E-state index in [9.17, 15) is 9.18 Å². The fourth-order valence-corrected chi connectivity index (χ4v) is 2.49. The Morgan fingerprint density at radius 1 is 0.960 bits per heavy atom. The summed E-state index contributed by atoms with van der Waals surface area (Å²) in [6, 6.07) is 13.1. The summed E-state index contributed by atoms with van der Waals surface area (Å²) in [4.78, 5) is 12.5. The van der Waals surface area contributed by atoms with Crippen molar-refractivity contribution in [3.63, 3.8) is 0 Å². The molecule has 0 bridgehead atoms. The zero-order valence-electron chi connectivity index (χ0n) is 15.0. The molecule has 0 saturated carbocycles. The predicted octanol–water partition coefficient (Wildman–Crippen LogP) is 4.12. The van der Waals surface area contributed by atoms with Gasteiger partial charge in [0.15, 0.2) is 6.10 Å². The molecule has 0 heterocycles. The van der Waals surface area contributed by atoms with Crippen LogP contribution in [0.5, 0.6) is 11.5 Å². The second kappa shape index (κ2) is 8.51. The number of carbonyl (C=O) groups is 1. The molecule has 0 fully saturated rings. The van der Waals surface area contributed by atoms with Gasteiger partial charge in [0.1, 0.15) is 17.3 Å². The van der Waals surface area contributed by atoms with Crippen molar-refractivity contribution >= 4 is 5.91 Å². The monoisotopic (exact) mass is 345 g/mol. The minimum Gasteiger partial charge on any atom is -0.497 e. The molecule has 1 amide bonds. The van der Waals surface area contributed by atoms with Gasteiger partial charge in [-0.2, -0.15) is 0 Å². The fourth-order valence-electron chi connectivity index (χ4n) is 2.49. The third-order valence-electron chi connectivity index (χ3n) is 3.94. The molecule has 25 heavy (non-hydrogen) atoms. The number of methoxy groups -OCH3 is 1. The van der Waals surface area contributed by atoms with Crippen LogP contribution >= 0.6 is 0 Å². The van der Waals surface area contributed by atoms with Crippen LogP contribution in [0.25, 0.3) is 0 Å². The third-order valence-corrected chi connectivity index (χ3v) is 3.94. The van der Waals surface area contributed by atoms with Crippen molar-refractivity contribution in [1.29, 1.82) is 0 Å². The normalized spacial score (nSPS) is 13.2. The van der Waals surface area contributed by atoms with Crippen molar-refractivity contribution in [3.8, 4) is 11.5 Å². The largest absolute Gasteiger partial charge is 0.497 e. The van der Waals surface area contributed by atoms with Crippen LogP contribution < -0.4 is 14.8 Å². The first-order valence-electron chi connectivity index (χ1n) is 8.27. The van der Waals surface area contributed by atoms with Crippen LogP contribution in [0.1, 0.15) is 32.4 Å². The molecule has 2 aromatic rings. The van der Waals surface area contributed by atoms with E-state index in [-0.39, 0.29) is 23.7 Å². The molecular weight excluding hydrogens is 321 g/mol. The number of halogens is 1. The highest BCUT2D eigenvalue weighted by molar-refractivity contribution is 5.81. The highest BCUT2D eigenvalue weighted by Crippen LogP contribution is 2.24. The molecule has 0 aliphatic rings. The molecule has 0 unspecified atom stereocenters. The maximum atomic E-state index is 12.9. The van der Waals surface area contributed by atoms with Gasteiger partial charge in [-0.1, -0.05) is 26.0 Å². The molecule has 1 N–H and O–H groups in total. The zero-order valence-corrected chi connectivity index (χ0v) is 15.0. The van der Waals surface area contributed by atoms with Gasteiger partial charge in [0.25, 0.3) is 5.91 Å². The molecular formula is C20H24FNO3. The summed E-state index contributed by atoms with van der Waals surface area (Å²) in [6.45, 7) is 5.76. The summed E-state index contributed by atoms with van der Waals surface area (Å²) in [7, 11) is 1.62. The van der Waals surface area contributed by atoms with Crippen molar-refractivity contribution in [3.05, 3.63) is 59.9 Å². The average Bonchev–Trinajstić information content (AvgIpc) is 2.61. The van der Waals surface area contributed by atoms with Crippen LogP contribution in [-0.4, -0.2) is 19.1 Å². The molecule has 134 valence electrons. The average molecular weight is 345 g/mol. The quantitative estimate of drug-likeness (QED) is 0.821. The van der Waals surface area contributed by atoms with Gasteiger partial charge in [0.05, 0.1) is 13.2 Å². The lowest BCUT2D eigenvalue weighted by Gasteiger charge is -2.25. The maximum Gasteiger partial charge on any atom is 0.261 e. The molecule has 2 atom stereocenters. The first kappa shape index (κ1) is 18.8. The summed E-state index contributed by atoms with van der Waals surface area (Å²) in [5.41, 5.74) is 0.998. The second-order valence-corrected chi connectivity index (χ2v) is 6.22. The first-order valence-corrected chi connectivity index (χ1v) is 8.27. The Balaban J connectivity index is 2.04. The maximum absolute atomic E-state index is 12.9. The van der Waals surface area contributed by atoms with E-state index in [1.54, 1.807) is 14.0 Å². The number of amides is 1. The van der Waals surface area contributed by atoms with Gasteiger partial charge in [-0.05, 0) is 54.8 Å². The third kappa shape index (κ3) is 5.21. The smallest absolute Gasteiger partial charge is 0.261 e. The van der Waals surface area contributed by atoms with Gasteiger partial charge in [0, 0.05) is 0 Å². The number of ether oxygens (including phenoxy) is 2. The molecule has 2 rings (SSSR count). The molecule has 0 aromatic heterocycles. The van der Waals surface area contributed by atoms with Gasteiger partial charge in [-0.15, -0.1) is 0 Å². The van der Waals surface area contributed by atoms with Crippen LogP contribution in [0.3, 0.4) is 0 Å². The Kier molecular flexibility index (Phi) is 6.39. The van der Waals surface area contributed by atoms with Gasteiger partial charge in [-0.25, -0.2) is 4.39 Å². The SMILES string of the molecule is COc1ccc([C@H](NC(=O)[C@@H](C)Oc2ccc(F)cc2)C(C)C)cc1. The highest BCUT2D eigenvalue weighted by Gasteiger charge is 2.22. The summed E-state index contributed by atoms with van der Waals surface area (Å²) in [6.07, 6.45) is -0.690. The standard InChI is InChI=1S/C20H24FNO3/c1-13(2)19(15-5-9-17(24-4)10-6-15)22-20(23)14(3)25-18-11-7-16(21)8-12-18/h5-14,19H,1-4H3,(H,22,23)/t14-,19-/m1/s1. The Bertz CT molecular complexity index is 683. The van der Waals surface area contributed by atoms with E-state index in [1.807, 2.05) is 38.1 Å². The lowest BCUT2D eigenvalue weighted by molar-refractivity contribution is -0.128. The summed E-state index contributed by atoms with van der Waals surface area (Å²) in [5, 5.41) is 3.02. The second-order valence-electron chi connectivity index (χ2n) is 6.22. The van der Waals surface area contributed by atoms with Gasteiger partial charge in [-0.3, -0.25) is 4.79 Å². The van der Waals surface area contributed by atoms with E-state index < -0.39 is 6.10 Å². The Labute approximate surface area is 148 Å². The van der Waals surface area contributed by atoms with Crippen LogP contribution in [0.15, 0.2) is 48.5 Å². The minimum atomic E-state index is -0.690. The predicted molar refractivity (Wildman–Crippen MR) is 95.2 cm³/mol. The summed E-state index contributed by atoms with van der Waals surface area (Å²) < 4.78 is 23.7. The number of carbonyl (C=O) groups excluding carboxylic acids is 1. The highest BCUT2D eigenvalue weighted by atomic mass is 19.1. The topological polar surface area (TPSA) is 47.6 Å². The van der Waals surface area contributed by atoms with Crippen LogP contribution in [0.4, 0.5) is 4.39 Å². The molecule has 0 saturated heterocycles. The molecule has 4 nitrogen and oxygen atoms in total. The molecule has 5 heteroatoms.